The summed E-state index contributed by atoms with van der Waals surface area (Å²) in [7, 11) is 0. The van der Waals surface area contributed by atoms with Crippen molar-refractivity contribution in [2.45, 2.75) is 35.9 Å². The monoisotopic (exact) mass is 633 g/mol. The predicted octanol–water partition coefficient (Wildman–Crippen LogP) is 6.55. The molecule has 0 aliphatic carbocycles. The third kappa shape index (κ3) is 6.13. The van der Waals surface area contributed by atoms with Crippen LogP contribution in [-0.2, 0) is 15.3 Å². The number of ether oxygens (including phenoxy) is 3. The van der Waals surface area contributed by atoms with E-state index in [1.807, 2.05) is 0 Å². The Morgan fingerprint density at radius 1 is 1.07 bits per heavy atom. The Morgan fingerprint density at radius 3 is 2.66 bits per heavy atom. The molecule has 1 saturated heterocycles. The van der Waals surface area contributed by atoms with Crippen molar-refractivity contribution < 1.29 is 33.3 Å². The summed E-state index contributed by atoms with van der Waals surface area (Å²) in [4.78, 5) is 28.6. The summed E-state index contributed by atoms with van der Waals surface area (Å²) < 4.78 is 31.1. The van der Waals surface area contributed by atoms with E-state index in [-0.39, 0.29) is 22.3 Å². The number of unbranched alkanes of at least 4 members (excludes halogenated alkanes) is 1. The van der Waals surface area contributed by atoms with Crippen LogP contribution in [0.3, 0.4) is 0 Å². The maximum atomic E-state index is 13.6. The Labute approximate surface area is 261 Å². The van der Waals surface area contributed by atoms with E-state index < -0.39 is 17.7 Å². The van der Waals surface area contributed by atoms with Gasteiger partial charge in [-0.05, 0) is 60.0 Å². The van der Waals surface area contributed by atoms with Gasteiger partial charge in [0.05, 0.1) is 18.2 Å². The molecule has 226 valence electrons. The number of rotatable bonds is 10. The van der Waals surface area contributed by atoms with Gasteiger partial charge in [-0.15, -0.1) is 10.2 Å². The highest BCUT2D eigenvalue weighted by Gasteiger charge is 2.48. The molecule has 1 amide bonds. The largest absolute Gasteiger partial charge is 0.507 e. The minimum absolute atomic E-state index is 0.0897. The lowest BCUT2D eigenvalue weighted by atomic mass is 9.95. The SMILES string of the molecule is CCCCOc1cccc([C@H]2C(=C(O)c3ccc4c(c3)OCCO4)C(=O)C(=O)N2c2nnc(SCc3ccc(F)cc3)s2)c1. The number of nitrogens with zero attached hydrogens (tertiary/aromatic N) is 3. The van der Waals surface area contributed by atoms with E-state index in [0.717, 1.165) is 29.7 Å². The molecule has 6 rings (SSSR count). The number of hydrogen-bond acceptors (Lipinski definition) is 10. The average molecular weight is 634 g/mol. The number of aromatic nitrogens is 2. The third-order valence-corrected chi connectivity index (χ3v) is 9.20. The van der Waals surface area contributed by atoms with Crippen molar-refractivity contribution in [2.75, 3.05) is 24.7 Å². The van der Waals surface area contributed by atoms with Gasteiger partial charge < -0.3 is 19.3 Å². The van der Waals surface area contributed by atoms with Gasteiger partial charge >= 0.3 is 5.91 Å². The van der Waals surface area contributed by atoms with Gasteiger partial charge in [-0.3, -0.25) is 14.5 Å². The van der Waals surface area contributed by atoms with Crippen molar-refractivity contribution in [1.29, 1.82) is 0 Å². The number of ketones is 1. The number of hydrogen-bond donors (Lipinski definition) is 1. The molecule has 44 heavy (non-hydrogen) atoms. The number of halogens is 1. The number of benzene rings is 3. The zero-order chi connectivity index (χ0) is 30.6. The zero-order valence-corrected chi connectivity index (χ0v) is 25.3. The molecular weight excluding hydrogens is 605 g/mol. The van der Waals surface area contributed by atoms with Gasteiger partial charge in [-0.25, -0.2) is 4.39 Å². The molecule has 1 N–H and O–H groups in total. The molecule has 2 aliphatic rings. The molecule has 0 saturated carbocycles. The van der Waals surface area contributed by atoms with Crippen LogP contribution in [0.5, 0.6) is 17.2 Å². The fourth-order valence-electron chi connectivity index (χ4n) is 4.88. The lowest BCUT2D eigenvalue weighted by Crippen LogP contribution is -2.29. The summed E-state index contributed by atoms with van der Waals surface area (Å²) in [5.41, 5.74) is 1.68. The van der Waals surface area contributed by atoms with Gasteiger partial charge in [0.1, 0.15) is 30.5 Å². The van der Waals surface area contributed by atoms with Crippen LogP contribution in [0.2, 0.25) is 0 Å². The summed E-state index contributed by atoms with van der Waals surface area (Å²) in [6.07, 6.45) is 1.84. The molecule has 9 nitrogen and oxygen atoms in total. The lowest BCUT2D eigenvalue weighted by Gasteiger charge is -2.23. The van der Waals surface area contributed by atoms with Gasteiger partial charge in [0, 0.05) is 11.3 Å². The lowest BCUT2D eigenvalue weighted by molar-refractivity contribution is -0.132. The molecule has 1 atom stereocenters. The molecule has 3 heterocycles. The maximum Gasteiger partial charge on any atom is 0.301 e. The van der Waals surface area contributed by atoms with Crippen molar-refractivity contribution >= 4 is 45.7 Å². The minimum Gasteiger partial charge on any atom is -0.507 e. The van der Waals surface area contributed by atoms with E-state index in [9.17, 15) is 19.1 Å². The molecule has 12 heteroatoms. The van der Waals surface area contributed by atoms with Crippen molar-refractivity contribution in [3.63, 3.8) is 0 Å². The summed E-state index contributed by atoms with van der Waals surface area (Å²) in [6, 6.07) is 17.2. The Balaban J connectivity index is 1.38. The van der Waals surface area contributed by atoms with E-state index in [0.29, 0.717) is 58.3 Å². The van der Waals surface area contributed by atoms with E-state index in [2.05, 4.69) is 17.1 Å². The zero-order valence-electron chi connectivity index (χ0n) is 23.7. The Bertz CT molecular complexity index is 1730. The first-order valence-electron chi connectivity index (χ1n) is 14.1. The second kappa shape index (κ2) is 13.1. The molecular formula is C32H28FN3O6S2. The molecule has 1 aromatic heterocycles. The number of amides is 1. The predicted molar refractivity (Wildman–Crippen MR) is 165 cm³/mol. The second-order valence-electron chi connectivity index (χ2n) is 10.1. The fourth-order valence-corrected chi connectivity index (χ4v) is 6.71. The topological polar surface area (TPSA) is 111 Å². The van der Waals surface area contributed by atoms with Crippen LogP contribution in [0.4, 0.5) is 9.52 Å². The van der Waals surface area contributed by atoms with Crippen LogP contribution in [0.1, 0.15) is 42.5 Å². The van der Waals surface area contributed by atoms with Crippen molar-refractivity contribution in [3.8, 4) is 17.2 Å². The van der Waals surface area contributed by atoms with E-state index >= 15 is 0 Å². The minimum atomic E-state index is -0.999. The Hall–Kier alpha value is -4.42. The van der Waals surface area contributed by atoms with Crippen molar-refractivity contribution in [2.24, 2.45) is 0 Å². The number of carbonyl (C=O) groups is 2. The van der Waals surface area contributed by atoms with Gasteiger partial charge in [0.25, 0.3) is 5.78 Å². The standard InChI is InChI=1S/C32H28FN3O6S2/c1-2-3-13-40-23-6-4-5-20(16-23)27-26(28(37)21-9-12-24-25(17-21)42-15-14-41-24)29(38)30(39)36(27)31-34-35-32(44-31)43-18-19-7-10-22(33)11-8-19/h4-12,16-17,27,37H,2-3,13-15,18H2,1H3/t27-/m0/s1. The Morgan fingerprint density at radius 2 is 1.86 bits per heavy atom. The highest BCUT2D eigenvalue weighted by atomic mass is 32.2. The number of thioether (sulfide) groups is 1. The fraction of sp³-hybridized carbons (Fsp3) is 0.250. The first-order chi connectivity index (χ1) is 21.4. The molecule has 1 fully saturated rings. The molecule has 0 unspecified atom stereocenters. The highest BCUT2D eigenvalue weighted by Crippen LogP contribution is 2.45. The van der Waals surface area contributed by atoms with Gasteiger partial charge in [0.2, 0.25) is 5.13 Å². The van der Waals surface area contributed by atoms with Gasteiger partial charge in [0.15, 0.2) is 15.8 Å². The van der Waals surface area contributed by atoms with E-state index in [1.54, 1.807) is 54.6 Å². The van der Waals surface area contributed by atoms with Crippen LogP contribution in [0.25, 0.3) is 5.76 Å². The maximum absolute atomic E-state index is 13.6. The van der Waals surface area contributed by atoms with Gasteiger partial charge in [-0.2, -0.15) is 0 Å². The van der Waals surface area contributed by atoms with Crippen LogP contribution in [-0.4, -0.2) is 46.8 Å². The van der Waals surface area contributed by atoms with E-state index in [1.165, 1.54) is 28.8 Å². The summed E-state index contributed by atoms with van der Waals surface area (Å²) in [6.45, 7) is 3.35. The molecule has 0 bridgehead atoms. The first kappa shape index (κ1) is 29.6. The van der Waals surface area contributed by atoms with Crippen LogP contribution in [0, 0.1) is 5.82 Å². The first-order valence-corrected chi connectivity index (χ1v) is 15.9. The van der Waals surface area contributed by atoms with Crippen molar-refractivity contribution in [3.05, 3.63) is 94.8 Å². The summed E-state index contributed by atoms with van der Waals surface area (Å²) >= 11 is 2.53. The summed E-state index contributed by atoms with van der Waals surface area (Å²) in [5.74, 6) is -0.297. The highest BCUT2D eigenvalue weighted by molar-refractivity contribution is 8.00. The van der Waals surface area contributed by atoms with E-state index in [4.69, 9.17) is 14.2 Å². The normalized spacial score (nSPS) is 17.2. The number of Topliss-reactive ketones (excluding diaryl/α,β-unsaturated/α-hetero) is 1. The smallest absolute Gasteiger partial charge is 0.301 e. The van der Waals surface area contributed by atoms with Crippen LogP contribution >= 0.6 is 23.1 Å². The van der Waals surface area contributed by atoms with Crippen LogP contribution < -0.4 is 19.1 Å². The Kier molecular flexibility index (Phi) is 8.80. The summed E-state index contributed by atoms with van der Waals surface area (Å²) in [5, 5.41) is 20.3. The molecule has 2 aliphatic heterocycles. The number of fused-ring (bicyclic) bond motifs is 1. The second-order valence-corrected chi connectivity index (χ2v) is 12.2. The number of carbonyl (C=O) groups excluding carboxylic acids is 2. The molecule has 4 aromatic rings. The van der Waals surface area contributed by atoms with Gasteiger partial charge in [-0.1, -0.05) is 60.7 Å². The third-order valence-electron chi connectivity index (χ3n) is 7.08. The average Bonchev–Trinajstić information content (AvgIpc) is 3.62. The number of aliphatic hydroxyl groups is 1. The van der Waals surface area contributed by atoms with Crippen molar-refractivity contribution in [1.82, 2.24) is 10.2 Å². The molecule has 0 radical (unpaired) electrons. The molecule has 3 aromatic carbocycles. The quantitative estimate of drug-likeness (QED) is 0.0519. The number of aliphatic hydroxyl groups excluding tert-OH is 1. The van der Waals surface area contributed by atoms with Crippen LogP contribution in [0.15, 0.2) is 76.6 Å². The molecule has 0 spiro atoms. The number of anilines is 1.